The van der Waals surface area contributed by atoms with Gasteiger partial charge in [-0.2, -0.15) is 0 Å². The molecule has 1 aliphatic heterocycles. The molecule has 1 aromatic rings. The van der Waals surface area contributed by atoms with Crippen LogP contribution >= 0.6 is 0 Å². The van der Waals surface area contributed by atoms with E-state index in [9.17, 15) is 4.79 Å². The van der Waals surface area contributed by atoms with Crippen molar-refractivity contribution in [3.05, 3.63) is 29.8 Å². The van der Waals surface area contributed by atoms with Crippen molar-refractivity contribution in [1.29, 1.82) is 0 Å². The van der Waals surface area contributed by atoms with Gasteiger partial charge in [0.25, 0.3) is 0 Å². The summed E-state index contributed by atoms with van der Waals surface area (Å²) >= 11 is 0. The molecule has 0 N–H and O–H groups in total. The summed E-state index contributed by atoms with van der Waals surface area (Å²) in [5.41, 5.74) is 1.06. The van der Waals surface area contributed by atoms with E-state index in [1.807, 2.05) is 24.3 Å². The first-order chi connectivity index (χ1) is 10.0. The van der Waals surface area contributed by atoms with E-state index in [4.69, 9.17) is 4.74 Å². The lowest BCUT2D eigenvalue weighted by molar-refractivity contribution is -0.140. The number of esters is 1. The topological polar surface area (TPSA) is 38.8 Å². The number of nitrogens with zero attached hydrogens (tertiary/aromatic N) is 1. The van der Waals surface area contributed by atoms with E-state index in [1.165, 1.54) is 7.11 Å². The Kier molecular flexibility index (Phi) is 5.23. The highest BCUT2D eigenvalue weighted by atomic mass is 16.5. The zero-order valence-corrected chi connectivity index (χ0v) is 13.2. The van der Waals surface area contributed by atoms with E-state index in [0.717, 1.165) is 37.2 Å². The second-order valence-electron chi connectivity index (χ2n) is 6.08. The average Bonchev–Trinajstić information content (AvgIpc) is 2.49. The van der Waals surface area contributed by atoms with Crippen molar-refractivity contribution in [2.24, 2.45) is 0 Å². The Morgan fingerprint density at radius 1 is 1.24 bits per heavy atom. The zero-order valence-electron chi connectivity index (χ0n) is 13.2. The van der Waals surface area contributed by atoms with Crippen LogP contribution in [0.2, 0.25) is 0 Å². The summed E-state index contributed by atoms with van der Waals surface area (Å²) in [6.07, 6.45) is 3.22. The lowest BCUT2D eigenvalue weighted by Gasteiger charge is -2.38. The third kappa shape index (κ3) is 4.74. The standard InChI is InChI=1S/C17H25NO3/c1-17(10-12-18(2)13-11-17)21-15-7-4-14(5-8-15)6-9-16(19)20-3/h4-5,7-8H,6,9-13H2,1-3H3. The zero-order chi connectivity index (χ0) is 15.3. The number of ether oxygens (including phenoxy) is 2. The van der Waals surface area contributed by atoms with Crippen LogP contribution in [0.3, 0.4) is 0 Å². The molecule has 21 heavy (non-hydrogen) atoms. The molecule has 0 spiro atoms. The predicted octanol–water partition coefficient (Wildman–Crippen LogP) is 2.66. The van der Waals surface area contributed by atoms with Gasteiger partial charge < -0.3 is 14.4 Å². The first-order valence-electron chi connectivity index (χ1n) is 7.54. The number of likely N-dealkylation sites (tertiary alicyclic amines) is 1. The van der Waals surface area contributed by atoms with Gasteiger partial charge in [-0.15, -0.1) is 0 Å². The average molecular weight is 291 g/mol. The number of methoxy groups -OCH3 is 1. The van der Waals surface area contributed by atoms with Gasteiger partial charge in [-0.1, -0.05) is 12.1 Å². The van der Waals surface area contributed by atoms with Gasteiger partial charge in [0.1, 0.15) is 11.4 Å². The molecule has 2 rings (SSSR count). The Morgan fingerprint density at radius 3 is 2.43 bits per heavy atom. The van der Waals surface area contributed by atoms with Gasteiger partial charge in [0, 0.05) is 19.5 Å². The summed E-state index contributed by atoms with van der Waals surface area (Å²) in [4.78, 5) is 13.5. The molecule has 0 atom stereocenters. The van der Waals surface area contributed by atoms with Crippen LogP contribution < -0.4 is 4.74 Å². The highest BCUT2D eigenvalue weighted by molar-refractivity contribution is 5.69. The number of hydrogen-bond donors (Lipinski definition) is 0. The van der Waals surface area contributed by atoms with Crippen molar-refractivity contribution < 1.29 is 14.3 Å². The molecule has 0 aromatic heterocycles. The van der Waals surface area contributed by atoms with Crippen LogP contribution in [-0.2, 0) is 16.0 Å². The minimum absolute atomic E-state index is 0.0694. The summed E-state index contributed by atoms with van der Waals surface area (Å²) in [6, 6.07) is 8.04. The van der Waals surface area contributed by atoms with Crippen molar-refractivity contribution in [3.63, 3.8) is 0 Å². The normalized spacial score (nSPS) is 18.2. The number of piperidine rings is 1. The summed E-state index contributed by atoms with van der Waals surface area (Å²) < 4.78 is 10.8. The quantitative estimate of drug-likeness (QED) is 0.782. The SMILES string of the molecule is COC(=O)CCc1ccc(OC2(C)CCN(C)CC2)cc1. The number of rotatable bonds is 5. The summed E-state index contributed by atoms with van der Waals surface area (Å²) in [5.74, 6) is 0.734. The molecule has 1 fully saturated rings. The molecular formula is C17H25NO3. The molecule has 4 heteroatoms. The highest BCUT2D eigenvalue weighted by Crippen LogP contribution is 2.28. The maximum Gasteiger partial charge on any atom is 0.305 e. The van der Waals surface area contributed by atoms with Crippen molar-refractivity contribution in [2.75, 3.05) is 27.2 Å². The number of benzene rings is 1. The highest BCUT2D eigenvalue weighted by Gasteiger charge is 2.30. The van der Waals surface area contributed by atoms with Crippen LogP contribution in [0.15, 0.2) is 24.3 Å². The summed E-state index contributed by atoms with van der Waals surface area (Å²) in [5, 5.41) is 0. The van der Waals surface area contributed by atoms with Gasteiger partial charge in [0.15, 0.2) is 0 Å². The van der Waals surface area contributed by atoms with Gasteiger partial charge >= 0.3 is 5.97 Å². The third-order valence-corrected chi connectivity index (χ3v) is 4.18. The molecule has 1 saturated heterocycles. The maximum atomic E-state index is 11.1. The molecule has 0 radical (unpaired) electrons. The monoisotopic (exact) mass is 291 g/mol. The van der Waals surface area contributed by atoms with Crippen LogP contribution in [0.25, 0.3) is 0 Å². The first kappa shape index (κ1) is 15.8. The minimum atomic E-state index is -0.172. The second kappa shape index (κ2) is 6.94. The molecule has 1 heterocycles. The predicted molar refractivity (Wildman–Crippen MR) is 82.5 cm³/mol. The fraction of sp³-hybridized carbons (Fsp3) is 0.588. The molecule has 1 aliphatic rings. The number of carbonyl (C=O) groups is 1. The molecule has 0 aliphatic carbocycles. The van der Waals surface area contributed by atoms with Gasteiger partial charge in [0.05, 0.1) is 7.11 Å². The minimum Gasteiger partial charge on any atom is -0.487 e. The maximum absolute atomic E-state index is 11.1. The number of hydrogen-bond acceptors (Lipinski definition) is 4. The van der Waals surface area contributed by atoms with E-state index in [-0.39, 0.29) is 11.6 Å². The van der Waals surface area contributed by atoms with Crippen molar-refractivity contribution in [2.45, 2.75) is 38.2 Å². The molecule has 116 valence electrons. The number of carbonyl (C=O) groups excluding carboxylic acids is 1. The Labute approximate surface area is 127 Å². The first-order valence-corrected chi connectivity index (χ1v) is 7.54. The lowest BCUT2D eigenvalue weighted by Crippen LogP contribution is -2.44. The van der Waals surface area contributed by atoms with Gasteiger partial charge in [-0.05, 0) is 50.9 Å². The Morgan fingerprint density at radius 2 is 1.86 bits per heavy atom. The Balaban J connectivity index is 1.88. The fourth-order valence-corrected chi connectivity index (χ4v) is 2.55. The molecule has 0 saturated carbocycles. The van der Waals surface area contributed by atoms with E-state index in [1.54, 1.807) is 0 Å². The van der Waals surface area contributed by atoms with Gasteiger partial charge in [0.2, 0.25) is 0 Å². The van der Waals surface area contributed by atoms with Gasteiger partial charge in [-0.25, -0.2) is 0 Å². The van der Waals surface area contributed by atoms with E-state index in [0.29, 0.717) is 12.8 Å². The van der Waals surface area contributed by atoms with Crippen LogP contribution in [0.1, 0.15) is 31.7 Å². The van der Waals surface area contributed by atoms with Crippen LogP contribution in [0, 0.1) is 0 Å². The van der Waals surface area contributed by atoms with E-state index in [2.05, 4.69) is 23.6 Å². The number of aryl methyl sites for hydroxylation is 1. The van der Waals surface area contributed by atoms with Crippen molar-refractivity contribution in [3.8, 4) is 5.75 Å². The van der Waals surface area contributed by atoms with Crippen LogP contribution in [-0.4, -0.2) is 43.7 Å². The van der Waals surface area contributed by atoms with E-state index >= 15 is 0 Å². The molecule has 0 unspecified atom stereocenters. The van der Waals surface area contributed by atoms with Crippen LogP contribution in [0.5, 0.6) is 5.75 Å². The molecule has 0 bridgehead atoms. The largest absolute Gasteiger partial charge is 0.487 e. The molecular weight excluding hydrogens is 266 g/mol. The summed E-state index contributed by atoms with van der Waals surface area (Å²) in [7, 11) is 3.57. The Bertz CT molecular complexity index is 461. The fourth-order valence-electron chi connectivity index (χ4n) is 2.55. The van der Waals surface area contributed by atoms with Crippen molar-refractivity contribution in [1.82, 2.24) is 4.90 Å². The lowest BCUT2D eigenvalue weighted by atomic mass is 9.93. The summed E-state index contributed by atoms with van der Waals surface area (Å²) in [6.45, 7) is 4.34. The van der Waals surface area contributed by atoms with Crippen LogP contribution in [0.4, 0.5) is 0 Å². The van der Waals surface area contributed by atoms with E-state index < -0.39 is 0 Å². The third-order valence-electron chi connectivity index (χ3n) is 4.18. The molecule has 1 aromatic carbocycles. The van der Waals surface area contributed by atoms with Crippen molar-refractivity contribution >= 4 is 5.97 Å². The van der Waals surface area contributed by atoms with Gasteiger partial charge in [-0.3, -0.25) is 4.79 Å². The smallest absolute Gasteiger partial charge is 0.305 e. The second-order valence-corrected chi connectivity index (χ2v) is 6.08. The molecule has 4 nitrogen and oxygen atoms in total. The molecule has 0 amide bonds. The Hall–Kier alpha value is -1.55.